The van der Waals surface area contributed by atoms with Gasteiger partial charge in [0.2, 0.25) is 0 Å². The van der Waals surface area contributed by atoms with Gasteiger partial charge in [0.1, 0.15) is 11.5 Å². The normalized spacial score (nSPS) is 11.7. The molecule has 0 bridgehead atoms. The number of benzene rings is 1. The van der Waals surface area contributed by atoms with Crippen molar-refractivity contribution in [3.05, 3.63) is 53.6 Å². The summed E-state index contributed by atoms with van der Waals surface area (Å²) in [4.78, 5) is 25.3. The Hall–Kier alpha value is -3.22. The topological polar surface area (TPSA) is 89.8 Å². The van der Waals surface area contributed by atoms with Gasteiger partial charge < -0.3 is 24.5 Å². The molecule has 27 heavy (non-hydrogen) atoms. The van der Waals surface area contributed by atoms with Crippen molar-refractivity contribution in [2.45, 2.75) is 26.3 Å². The quantitative estimate of drug-likeness (QED) is 0.761. The second-order valence-electron chi connectivity index (χ2n) is 6.80. The Morgan fingerprint density at radius 1 is 1.07 bits per heavy atom. The molecular formula is C20H24N2O5. The van der Waals surface area contributed by atoms with Crippen LogP contribution in [-0.4, -0.2) is 31.6 Å². The van der Waals surface area contributed by atoms with Gasteiger partial charge >= 0.3 is 0 Å². The Kier molecular flexibility index (Phi) is 6.28. The first-order chi connectivity index (χ1) is 12.7. The molecule has 0 fully saturated rings. The fourth-order valence-electron chi connectivity index (χ4n) is 2.25. The first-order valence-electron chi connectivity index (χ1n) is 8.34. The summed E-state index contributed by atoms with van der Waals surface area (Å²) in [5.41, 5.74) is -0.0749. The molecule has 1 heterocycles. The van der Waals surface area contributed by atoms with Crippen LogP contribution in [0.3, 0.4) is 0 Å². The van der Waals surface area contributed by atoms with Gasteiger partial charge in [0.05, 0.1) is 20.5 Å². The molecule has 2 rings (SSSR count). The minimum absolute atomic E-state index is 0.0691. The lowest BCUT2D eigenvalue weighted by Gasteiger charge is -2.21. The molecule has 2 amide bonds. The summed E-state index contributed by atoms with van der Waals surface area (Å²) in [6, 6.07) is 8.14. The molecule has 2 aromatic rings. The van der Waals surface area contributed by atoms with Crippen molar-refractivity contribution in [3.8, 4) is 11.5 Å². The van der Waals surface area contributed by atoms with E-state index in [1.807, 2.05) is 20.8 Å². The second-order valence-corrected chi connectivity index (χ2v) is 6.80. The van der Waals surface area contributed by atoms with Gasteiger partial charge in [-0.1, -0.05) is 0 Å². The third kappa shape index (κ3) is 5.64. The molecule has 0 aliphatic rings. The number of ether oxygens (including phenoxy) is 2. The van der Waals surface area contributed by atoms with Crippen molar-refractivity contribution in [1.29, 1.82) is 0 Å². The number of furan rings is 1. The molecule has 0 radical (unpaired) electrons. The van der Waals surface area contributed by atoms with Crippen LogP contribution in [-0.2, 0) is 4.79 Å². The van der Waals surface area contributed by atoms with Crippen molar-refractivity contribution in [2.24, 2.45) is 0 Å². The van der Waals surface area contributed by atoms with Crippen LogP contribution >= 0.6 is 0 Å². The molecule has 0 spiro atoms. The molecule has 1 aromatic heterocycles. The lowest BCUT2D eigenvalue weighted by Crippen LogP contribution is -2.44. The van der Waals surface area contributed by atoms with E-state index in [4.69, 9.17) is 13.9 Å². The van der Waals surface area contributed by atoms with E-state index in [9.17, 15) is 9.59 Å². The highest BCUT2D eigenvalue weighted by atomic mass is 16.5. The number of methoxy groups -OCH3 is 2. The van der Waals surface area contributed by atoms with E-state index in [1.54, 1.807) is 30.3 Å². The lowest BCUT2D eigenvalue weighted by atomic mass is 10.1. The Morgan fingerprint density at radius 3 is 2.33 bits per heavy atom. The number of nitrogens with one attached hydrogen (secondary N) is 2. The molecular weight excluding hydrogens is 348 g/mol. The molecule has 0 aliphatic heterocycles. The summed E-state index contributed by atoms with van der Waals surface area (Å²) < 4.78 is 15.6. The van der Waals surface area contributed by atoms with Gasteiger partial charge in [-0.05, 0) is 51.1 Å². The maximum atomic E-state index is 12.7. The molecule has 0 unspecified atom stereocenters. The first kappa shape index (κ1) is 20.1. The second kappa shape index (κ2) is 8.44. The van der Waals surface area contributed by atoms with E-state index in [-0.39, 0.29) is 5.70 Å². The monoisotopic (exact) mass is 372 g/mol. The summed E-state index contributed by atoms with van der Waals surface area (Å²) in [5.74, 6) is 0.485. The molecule has 0 atom stereocenters. The maximum Gasteiger partial charge on any atom is 0.268 e. The number of hydrogen-bond acceptors (Lipinski definition) is 5. The molecule has 7 nitrogen and oxygen atoms in total. The Balaban J connectivity index is 2.29. The van der Waals surface area contributed by atoms with Crippen LogP contribution in [0, 0.1) is 0 Å². The zero-order chi connectivity index (χ0) is 20.0. The summed E-state index contributed by atoms with van der Waals surface area (Å²) in [7, 11) is 3.00. The third-order valence-corrected chi connectivity index (χ3v) is 3.46. The van der Waals surface area contributed by atoms with E-state index in [0.29, 0.717) is 22.8 Å². The van der Waals surface area contributed by atoms with Crippen molar-refractivity contribution >= 4 is 17.9 Å². The van der Waals surface area contributed by atoms with Gasteiger partial charge in [-0.15, -0.1) is 0 Å². The van der Waals surface area contributed by atoms with E-state index in [2.05, 4.69) is 10.6 Å². The number of carbonyl (C=O) groups is 2. The predicted octanol–water partition coefficient (Wildman–Crippen LogP) is 2.98. The minimum atomic E-state index is -0.465. The van der Waals surface area contributed by atoms with Gasteiger partial charge in [-0.2, -0.15) is 0 Å². The summed E-state index contributed by atoms with van der Waals surface area (Å²) in [6.45, 7) is 5.56. The van der Waals surface area contributed by atoms with Crippen LogP contribution in [0.4, 0.5) is 0 Å². The Morgan fingerprint density at radius 2 is 1.78 bits per heavy atom. The van der Waals surface area contributed by atoms with Gasteiger partial charge in [0.15, 0.2) is 11.5 Å². The van der Waals surface area contributed by atoms with Crippen molar-refractivity contribution < 1.29 is 23.5 Å². The van der Waals surface area contributed by atoms with Crippen molar-refractivity contribution in [3.63, 3.8) is 0 Å². The van der Waals surface area contributed by atoms with Crippen molar-refractivity contribution in [2.75, 3.05) is 14.2 Å². The highest BCUT2D eigenvalue weighted by Crippen LogP contribution is 2.27. The van der Waals surface area contributed by atoms with Crippen LogP contribution in [0.5, 0.6) is 11.5 Å². The smallest absolute Gasteiger partial charge is 0.268 e. The zero-order valence-electron chi connectivity index (χ0n) is 16.1. The van der Waals surface area contributed by atoms with Gasteiger partial charge in [0, 0.05) is 17.2 Å². The van der Waals surface area contributed by atoms with Gasteiger partial charge in [0.25, 0.3) is 11.8 Å². The lowest BCUT2D eigenvalue weighted by molar-refractivity contribution is -0.119. The summed E-state index contributed by atoms with van der Waals surface area (Å²) >= 11 is 0. The molecule has 1 aromatic carbocycles. The number of carbonyl (C=O) groups excluding carboxylic acids is 2. The summed E-state index contributed by atoms with van der Waals surface area (Å²) in [6.07, 6.45) is 2.96. The Bertz CT molecular complexity index is 833. The molecule has 7 heteroatoms. The zero-order valence-corrected chi connectivity index (χ0v) is 16.1. The Labute approximate surface area is 158 Å². The van der Waals surface area contributed by atoms with E-state index >= 15 is 0 Å². The SMILES string of the molecule is COc1ccc(C(=O)N/C(=C\c2ccco2)C(=O)NC(C)(C)C)cc1OC. The van der Waals surface area contributed by atoms with Crippen LogP contribution < -0.4 is 20.1 Å². The largest absolute Gasteiger partial charge is 0.493 e. The van der Waals surface area contributed by atoms with Gasteiger partial charge in [-0.3, -0.25) is 9.59 Å². The number of rotatable bonds is 6. The first-order valence-corrected chi connectivity index (χ1v) is 8.34. The average Bonchev–Trinajstić information content (AvgIpc) is 3.12. The molecule has 0 aliphatic carbocycles. The fraction of sp³-hybridized carbons (Fsp3) is 0.300. The third-order valence-electron chi connectivity index (χ3n) is 3.46. The van der Waals surface area contributed by atoms with E-state index in [1.165, 1.54) is 26.6 Å². The molecule has 0 saturated heterocycles. The van der Waals surface area contributed by atoms with Crippen LogP contribution in [0.25, 0.3) is 6.08 Å². The fourth-order valence-corrected chi connectivity index (χ4v) is 2.25. The average molecular weight is 372 g/mol. The van der Waals surface area contributed by atoms with E-state index < -0.39 is 17.4 Å². The van der Waals surface area contributed by atoms with Crippen LogP contribution in [0.2, 0.25) is 0 Å². The van der Waals surface area contributed by atoms with Gasteiger partial charge in [-0.25, -0.2) is 0 Å². The van der Waals surface area contributed by atoms with Crippen LogP contribution in [0.1, 0.15) is 36.9 Å². The standard InChI is InChI=1S/C20H24N2O5/c1-20(2,3)22-19(24)15(12-14-7-6-10-27-14)21-18(23)13-8-9-16(25-4)17(11-13)26-5/h6-12H,1-5H3,(H,21,23)(H,22,24)/b15-12-. The highest BCUT2D eigenvalue weighted by molar-refractivity contribution is 6.05. The maximum absolute atomic E-state index is 12.7. The summed E-state index contributed by atoms with van der Waals surface area (Å²) in [5, 5.41) is 5.46. The highest BCUT2D eigenvalue weighted by Gasteiger charge is 2.20. The number of hydrogen-bond donors (Lipinski definition) is 2. The van der Waals surface area contributed by atoms with E-state index in [0.717, 1.165) is 0 Å². The molecule has 144 valence electrons. The molecule has 0 saturated carbocycles. The predicted molar refractivity (Wildman–Crippen MR) is 102 cm³/mol. The molecule has 2 N–H and O–H groups in total. The van der Waals surface area contributed by atoms with Crippen molar-refractivity contribution in [1.82, 2.24) is 10.6 Å². The van der Waals surface area contributed by atoms with Crippen LogP contribution in [0.15, 0.2) is 46.7 Å². The number of amides is 2. The minimum Gasteiger partial charge on any atom is -0.493 e.